The number of aliphatic imine (C=N–C) groups is 2. The Bertz CT molecular complexity index is 757. The molecule has 0 bridgehead atoms. The van der Waals surface area contributed by atoms with Gasteiger partial charge in [-0.05, 0) is 29.8 Å². The lowest BCUT2D eigenvalue weighted by Gasteiger charge is -2.24. The number of nitrogens with zero attached hydrogens (tertiary/aromatic N) is 2. The van der Waals surface area contributed by atoms with Crippen LogP contribution in [0.15, 0.2) is 51.3 Å². The summed E-state index contributed by atoms with van der Waals surface area (Å²) in [5.41, 5.74) is -0.0484. The van der Waals surface area contributed by atoms with Crippen LogP contribution in [0.5, 0.6) is 0 Å². The first-order valence-electron chi connectivity index (χ1n) is 6.50. The molecule has 1 atom stereocenters. The molecule has 0 spiro atoms. The molecule has 8 heteroatoms. The number of hydrogen-bond donors (Lipinski definition) is 0. The molecule has 4 nitrogen and oxygen atoms in total. The Morgan fingerprint density at radius 1 is 1.23 bits per heavy atom. The molecule has 0 aliphatic carbocycles. The number of halogens is 2. The van der Waals surface area contributed by atoms with Gasteiger partial charge in [-0.1, -0.05) is 12.1 Å². The van der Waals surface area contributed by atoms with E-state index in [1.54, 1.807) is 24.1 Å². The second-order valence-corrected chi connectivity index (χ2v) is 7.77. The Morgan fingerprint density at radius 2 is 1.95 bits per heavy atom. The molecule has 116 valence electrons. The molecule has 0 amide bonds. The molecule has 0 aromatic heterocycles. The second-order valence-electron chi connectivity index (χ2n) is 4.77. The SMILES string of the molecule is O=S(=O)(c1ccc(C2(C3=NCCS3)C=CC=N2)cc1)C(F)F. The standard InChI is InChI=1S/C14H12F2N2O2S2/c15-13(16)22(19,20)11-4-2-10(3-5-11)14(6-1-7-18-14)12-17-8-9-21-12/h1-7,13H,8-9H2. The van der Waals surface area contributed by atoms with Crippen LogP contribution >= 0.6 is 11.8 Å². The van der Waals surface area contributed by atoms with E-state index in [4.69, 9.17) is 0 Å². The van der Waals surface area contributed by atoms with Crippen molar-refractivity contribution < 1.29 is 17.2 Å². The van der Waals surface area contributed by atoms with E-state index in [0.717, 1.165) is 10.8 Å². The molecule has 0 saturated heterocycles. The second kappa shape index (κ2) is 5.58. The smallest absolute Gasteiger partial charge is 0.279 e. The molecule has 0 radical (unpaired) electrons. The van der Waals surface area contributed by atoms with Crippen LogP contribution in [0.25, 0.3) is 0 Å². The Kier molecular flexibility index (Phi) is 3.90. The van der Waals surface area contributed by atoms with E-state index in [1.165, 1.54) is 24.3 Å². The first-order valence-corrected chi connectivity index (χ1v) is 9.03. The van der Waals surface area contributed by atoms with Gasteiger partial charge in [-0.2, -0.15) is 8.78 Å². The maximum Gasteiger partial charge on any atom is 0.341 e. The third kappa shape index (κ3) is 2.40. The van der Waals surface area contributed by atoms with Gasteiger partial charge in [-0.3, -0.25) is 9.98 Å². The van der Waals surface area contributed by atoms with E-state index < -0.39 is 26.0 Å². The average Bonchev–Trinajstić information content (AvgIpc) is 3.19. The Morgan fingerprint density at radius 3 is 2.45 bits per heavy atom. The van der Waals surface area contributed by atoms with Crippen molar-refractivity contribution in [3.63, 3.8) is 0 Å². The first-order chi connectivity index (χ1) is 10.5. The zero-order chi connectivity index (χ0) is 15.8. The first kappa shape index (κ1) is 15.4. The van der Waals surface area contributed by atoms with E-state index in [0.29, 0.717) is 12.1 Å². The van der Waals surface area contributed by atoms with Gasteiger partial charge in [0.15, 0.2) is 5.54 Å². The minimum atomic E-state index is -4.58. The summed E-state index contributed by atoms with van der Waals surface area (Å²) in [5.74, 6) is -2.55. The molecule has 3 rings (SSSR count). The predicted molar refractivity (Wildman–Crippen MR) is 83.7 cm³/mol. The van der Waals surface area contributed by atoms with Gasteiger partial charge in [0.1, 0.15) is 5.04 Å². The molecule has 0 fully saturated rings. The molecule has 2 aliphatic rings. The average molecular weight is 342 g/mol. The maximum atomic E-state index is 12.6. The largest absolute Gasteiger partial charge is 0.341 e. The number of thioether (sulfide) groups is 1. The van der Waals surface area contributed by atoms with Crippen molar-refractivity contribution in [1.82, 2.24) is 0 Å². The molecule has 1 aromatic rings. The predicted octanol–water partition coefficient (Wildman–Crippen LogP) is 2.66. The van der Waals surface area contributed by atoms with Gasteiger partial charge in [0.25, 0.3) is 0 Å². The van der Waals surface area contributed by atoms with Crippen LogP contribution in [0.4, 0.5) is 8.78 Å². The fourth-order valence-electron chi connectivity index (χ4n) is 2.37. The molecule has 22 heavy (non-hydrogen) atoms. The van der Waals surface area contributed by atoms with Crippen LogP contribution < -0.4 is 0 Å². The minimum Gasteiger partial charge on any atom is -0.279 e. The highest BCUT2D eigenvalue weighted by Crippen LogP contribution is 2.38. The van der Waals surface area contributed by atoms with E-state index in [2.05, 4.69) is 9.98 Å². The van der Waals surface area contributed by atoms with Crippen molar-refractivity contribution in [2.45, 2.75) is 16.2 Å². The number of sulfone groups is 1. The fraction of sp³-hybridized carbons (Fsp3) is 0.286. The Labute approximate surface area is 131 Å². The van der Waals surface area contributed by atoms with Gasteiger partial charge >= 0.3 is 5.76 Å². The summed E-state index contributed by atoms with van der Waals surface area (Å²) >= 11 is 1.59. The lowest BCUT2D eigenvalue weighted by molar-refractivity contribution is 0.234. The van der Waals surface area contributed by atoms with Crippen molar-refractivity contribution in [1.29, 1.82) is 0 Å². The van der Waals surface area contributed by atoms with Crippen LogP contribution in [0.1, 0.15) is 5.56 Å². The lowest BCUT2D eigenvalue weighted by atomic mass is 9.92. The summed E-state index contributed by atoms with van der Waals surface area (Å²) in [6, 6.07) is 5.42. The van der Waals surface area contributed by atoms with Gasteiger partial charge in [0.05, 0.1) is 4.90 Å². The molecule has 2 heterocycles. The van der Waals surface area contributed by atoms with Crippen molar-refractivity contribution in [3.8, 4) is 0 Å². The summed E-state index contributed by atoms with van der Waals surface area (Å²) in [4.78, 5) is 8.51. The zero-order valence-electron chi connectivity index (χ0n) is 11.3. The van der Waals surface area contributed by atoms with E-state index >= 15 is 0 Å². The van der Waals surface area contributed by atoms with Crippen molar-refractivity contribution in [3.05, 3.63) is 42.0 Å². The van der Waals surface area contributed by atoms with Gasteiger partial charge < -0.3 is 0 Å². The van der Waals surface area contributed by atoms with Crippen LogP contribution in [-0.4, -0.2) is 37.7 Å². The third-order valence-electron chi connectivity index (χ3n) is 3.47. The normalized spacial score (nSPS) is 24.2. The number of alkyl halides is 2. The van der Waals surface area contributed by atoms with Crippen LogP contribution in [0.2, 0.25) is 0 Å². The summed E-state index contributed by atoms with van der Waals surface area (Å²) in [6.07, 6.45) is 5.33. The Balaban J connectivity index is 2.02. The summed E-state index contributed by atoms with van der Waals surface area (Å²) in [5, 5.41) is 0.835. The fourth-order valence-corrected chi connectivity index (χ4v) is 4.11. The van der Waals surface area contributed by atoms with Gasteiger partial charge in [-0.25, -0.2) is 8.42 Å². The third-order valence-corrected chi connectivity index (χ3v) is 5.97. The van der Waals surface area contributed by atoms with Crippen LogP contribution in [0.3, 0.4) is 0 Å². The van der Waals surface area contributed by atoms with Crippen LogP contribution in [-0.2, 0) is 15.4 Å². The number of hydrogen-bond acceptors (Lipinski definition) is 5. The lowest BCUT2D eigenvalue weighted by Crippen LogP contribution is -2.27. The minimum absolute atomic E-state index is 0.395. The van der Waals surface area contributed by atoms with Crippen molar-refractivity contribution in [2.24, 2.45) is 9.98 Å². The highest BCUT2D eigenvalue weighted by Gasteiger charge is 2.38. The van der Waals surface area contributed by atoms with Crippen LogP contribution in [0, 0.1) is 0 Å². The number of benzene rings is 1. The highest BCUT2D eigenvalue weighted by atomic mass is 32.2. The van der Waals surface area contributed by atoms with Gasteiger partial charge in [0, 0.05) is 18.5 Å². The maximum absolute atomic E-state index is 12.6. The van der Waals surface area contributed by atoms with E-state index in [9.17, 15) is 17.2 Å². The summed E-state index contributed by atoms with van der Waals surface area (Å²) < 4.78 is 48.1. The zero-order valence-corrected chi connectivity index (χ0v) is 12.9. The van der Waals surface area contributed by atoms with E-state index in [-0.39, 0.29) is 0 Å². The monoisotopic (exact) mass is 342 g/mol. The molecule has 1 aromatic carbocycles. The van der Waals surface area contributed by atoms with Gasteiger partial charge in [0.2, 0.25) is 9.84 Å². The van der Waals surface area contributed by atoms with Crippen molar-refractivity contribution in [2.75, 3.05) is 12.3 Å². The number of rotatable bonds is 4. The number of allylic oxidation sites excluding steroid dienone is 1. The molecule has 0 N–H and O–H groups in total. The molecule has 1 unspecified atom stereocenters. The summed E-state index contributed by atoms with van der Waals surface area (Å²) in [6.45, 7) is 0.711. The molecular formula is C14H12F2N2O2S2. The topological polar surface area (TPSA) is 58.9 Å². The quantitative estimate of drug-likeness (QED) is 0.845. The van der Waals surface area contributed by atoms with Crippen molar-refractivity contribution >= 4 is 32.9 Å². The van der Waals surface area contributed by atoms with Gasteiger partial charge in [-0.15, -0.1) is 11.8 Å². The molecule has 0 saturated carbocycles. The molecule has 2 aliphatic heterocycles. The van der Waals surface area contributed by atoms with E-state index in [1.807, 2.05) is 6.08 Å². The highest BCUT2D eigenvalue weighted by molar-refractivity contribution is 8.14. The summed E-state index contributed by atoms with van der Waals surface area (Å²) in [7, 11) is -4.58. The Hall–Kier alpha value is -1.54. The molecular weight excluding hydrogens is 330 g/mol.